The van der Waals surface area contributed by atoms with Crippen molar-refractivity contribution in [2.24, 2.45) is 11.7 Å². The van der Waals surface area contributed by atoms with Gasteiger partial charge in [-0.15, -0.1) is 12.4 Å². The third-order valence-corrected chi connectivity index (χ3v) is 4.39. The van der Waals surface area contributed by atoms with Crippen molar-refractivity contribution in [3.8, 4) is 0 Å². The van der Waals surface area contributed by atoms with Gasteiger partial charge in [0.05, 0.1) is 0 Å². The van der Waals surface area contributed by atoms with E-state index in [4.69, 9.17) is 5.73 Å². The molecule has 2 rings (SSSR count). The van der Waals surface area contributed by atoms with Crippen LogP contribution in [0.2, 0.25) is 0 Å². The Bertz CT molecular complexity index is 252. The quantitative estimate of drug-likeness (QED) is 0.787. The van der Waals surface area contributed by atoms with E-state index in [2.05, 4.69) is 4.90 Å². The Morgan fingerprint density at radius 1 is 1.00 bits per heavy atom. The predicted molar refractivity (Wildman–Crippen MR) is 76.8 cm³/mol. The third-order valence-electron chi connectivity index (χ3n) is 4.39. The molecule has 0 bridgehead atoms. The molecule has 1 atom stereocenters. The van der Waals surface area contributed by atoms with Crippen molar-refractivity contribution in [3.63, 3.8) is 0 Å². The Kier molecular flexibility index (Phi) is 7.02. The summed E-state index contributed by atoms with van der Waals surface area (Å²) in [6, 6.07) is 0.319. The minimum atomic E-state index is 0. The van der Waals surface area contributed by atoms with Crippen molar-refractivity contribution >= 4 is 18.3 Å². The molecule has 0 aromatic heterocycles. The summed E-state index contributed by atoms with van der Waals surface area (Å²) in [6.07, 6.45) is 10.8. The van der Waals surface area contributed by atoms with Gasteiger partial charge in [0, 0.05) is 25.0 Å². The van der Waals surface area contributed by atoms with Gasteiger partial charge in [0.1, 0.15) is 0 Å². The van der Waals surface area contributed by atoms with Crippen molar-refractivity contribution in [1.29, 1.82) is 0 Å². The predicted octanol–water partition coefficient (Wildman–Crippen LogP) is 2.72. The molecular formula is C14H27ClN2O. The summed E-state index contributed by atoms with van der Waals surface area (Å²) in [4.78, 5) is 14.6. The number of hydrogen-bond donors (Lipinski definition) is 1. The summed E-state index contributed by atoms with van der Waals surface area (Å²) in [5.74, 6) is 0.701. The first kappa shape index (κ1) is 15.8. The fourth-order valence-electron chi connectivity index (χ4n) is 3.30. The van der Waals surface area contributed by atoms with Crippen LogP contribution in [0.5, 0.6) is 0 Å². The average Bonchev–Trinajstić information content (AvgIpc) is 2.66. The lowest BCUT2D eigenvalue weighted by Gasteiger charge is -2.37. The minimum Gasteiger partial charge on any atom is -0.338 e. The summed E-state index contributed by atoms with van der Waals surface area (Å²) in [6.45, 7) is 1.58. The summed E-state index contributed by atoms with van der Waals surface area (Å²) in [5, 5.41) is 0. The smallest absolute Gasteiger partial charge is 0.225 e. The third kappa shape index (κ3) is 3.86. The van der Waals surface area contributed by atoms with E-state index in [0.717, 1.165) is 32.2 Å². The molecule has 0 radical (unpaired) electrons. The number of rotatable bonds is 2. The summed E-state index contributed by atoms with van der Waals surface area (Å²) >= 11 is 0. The maximum absolute atomic E-state index is 12.5. The van der Waals surface area contributed by atoms with Crippen molar-refractivity contribution in [2.45, 2.75) is 63.8 Å². The summed E-state index contributed by atoms with van der Waals surface area (Å²) in [5.41, 5.74) is 5.80. The van der Waals surface area contributed by atoms with Gasteiger partial charge < -0.3 is 10.6 Å². The topological polar surface area (TPSA) is 46.3 Å². The zero-order valence-corrected chi connectivity index (χ0v) is 12.1. The van der Waals surface area contributed by atoms with Crippen LogP contribution in [-0.4, -0.2) is 29.9 Å². The molecule has 0 aromatic carbocycles. The van der Waals surface area contributed by atoms with Crippen LogP contribution in [0.4, 0.5) is 0 Å². The average molecular weight is 275 g/mol. The standard InChI is InChI=1S/C14H26N2O.ClH/c15-11-13-9-5-6-10-16(13)14(17)12-7-3-1-2-4-8-12;/h12-13H,1-11,15H2;1H. The van der Waals surface area contributed by atoms with Gasteiger partial charge in [0.15, 0.2) is 0 Å². The molecule has 2 aliphatic rings. The number of carbonyl (C=O) groups is 1. The first-order valence-electron chi connectivity index (χ1n) is 7.33. The Labute approximate surface area is 117 Å². The highest BCUT2D eigenvalue weighted by Gasteiger charge is 2.30. The Morgan fingerprint density at radius 2 is 1.61 bits per heavy atom. The lowest BCUT2D eigenvalue weighted by atomic mass is 9.95. The Hall–Kier alpha value is -0.280. The van der Waals surface area contributed by atoms with Crippen molar-refractivity contribution in [1.82, 2.24) is 4.90 Å². The SMILES string of the molecule is Cl.NCC1CCCCN1C(=O)C1CCCCCC1. The molecule has 1 aliphatic carbocycles. The maximum Gasteiger partial charge on any atom is 0.225 e. The van der Waals surface area contributed by atoms with Crippen molar-refractivity contribution in [3.05, 3.63) is 0 Å². The maximum atomic E-state index is 12.5. The minimum absolute atomic E-state index is 0. The zero-order chi connectivity index (χ0) is 12.1. The normalized spacial score (nSPS) is 26.3. The van der Waals surface area contributed by atoms with Crippen LogP contribution in [0.25, 0.3) is 0 Å². The van der Waals surface area contributed by atoms with Crippen molar-refractivity contribution in [2.75, 3.05) is 13.1 Å². The number of piperidine rings is 1. The molecule has 3 nitrogen and oxygen atoms in total. The van der Waals surface area contributed by atoms with Crippen LogP contribution in [-0.2, 0) is 4.79 Å². The summed E-state index contributed by atoms with van der Waals surface area (Å²) in [7, 11) is 0. The molecule has 1 heterocycles. The number of carbonyl (C=O) groups excluding carboxylic acids is 1. The second kappa shape index (κ2) is 8.00. The zero-order valence-electron chi connectivity index (χ0n) is 11.3. The van der Waals surface area contributed by atoms with Gasteiger partial charge >= 0.3 is 0 Å². The Morgan fingerprint density at radius 3 is 2.22 bits per heavy atom. The first-order valence-corrected chi connectivity index (χ1v) is 7.33. The highest BCUT2D eigenvalue weighted by atomic mass is 35.5. The molecule has 106 valence electrons. The van der Waals surface area contributed by atoms with Crippen LogP contribution in [0.1, 0.15) is 57.8 Å². The van der Waals surface area contributed by atoms with Crippen LogP contribution in [0.15, 0.2) is 0 Å². The molecular weight excluding hydrogens is 248 g/mol. The second-order valence-electron chi connectivity index (χ2n) is 5.61. The number of hydrogen-bond acceptors (Lipinski definition) is 2. The monoisotopic (exact) mass is 274 g/mol. The van der Waals surface area contributed by atoms with Crippen LogP contribution < -0.4 is 5.73 Å². The molecule has 4 heteroatoms. The molecule has 0 aromatic rings. The van der Waals surface area contributed by atoms with Crippen LogP contribution in [0, 0.1) is 5.92 Å². The van der Waals surface area contributed by atoms with E-state index in [1.807, 2.05) is 0 Å². The molecule has 1 saturated carbocycles. The fourth-order valence-corrected chi connectivity index (χ4v) is 3.30. The van der Waals surface area contributed by atoms with Gasteiger partial charge in [0.2, 0.25) is 5.91 Å². The summed E-state index contributed by atoms with van der Waals surface area (Å²) < 4.78 is 0. The van der Waals surface area contributed by atoms with Gasteiger partial charge in [-0.3, -0.25) is 4.79 Å². The molecule has 1 unspecified atom stereocenters. The number of halogens is 1. The van der Waals surface area contributed by atoms with E-state index < -0.39 is 0 Å². The van der Waals surface area contributed by atoms with E-state index in [-0.39, 0.29) is 12.4 Å². The van der Waals surface area contributed by atoms with Gasteiger partial charge in [0.25, 0.3) is 0 Å². The second-order valence-corrected chi connectivity index (χ2v) is 5.61. The van der Waals surface area contributed by atoms with E-state index >= 15 is 0 Å². The van der Waals surface area contributed by atoms with E-state index in [9.17, 15) is 4.79 Å². The number of likely N-dealkylation sites (tertiary alicyclic amines) is 1. The lowest BCUT2D eigenvalue weighted by Crippen LogP contribution is -2.49. The molecule has 0 spiro atoms. The van der Waals surface area contributed by atoms with Crippen LogP contribution in [0.3, 0.4) is 0 Å². The number of amides is 1. The van der Waals surface area contributed by atoms with Gasteiger partial charge in [-0.05, 0) is 32.1 Å². The van der Waals surface area contributed by atoms with Gasteiger partial charge in [-0.25, -0.2) is 0 Å². The van der Waals surface area contributed by atoms with E-state index in [1.165, 1.54) is 32.1 Å². The molecule has 1 saturated heterocycles. The van der Waals surface area contributed by atoms with Gasteiger partial charge in [-0.2, -0.15) is 0 Å². The van der Waals surface area contributed by atoms with E-state index in [0.29, 0.717) is 24.4 Å². The molecule has 2 fully saturated rings. The molecule has 1 aliphatic heterocycles. The highest BCUT2D eigenvalue weighted by molar-refractivity contribution is 5.85. The Balaban J connectivity index is 0.00000162. The lowest BCUT2D eigenvalue weighted by molar-refractivity contribution is -0.139. The fraction of sp³-hybridized carbons (Fsp3) is 0.929. The largest absolute Gasteiger partial charge is 0.338 e. The van der Waals surface area contributed by atoms with Gasteiger partial charge in [-0.1, -0.05) is 25.7 Å². The number of nitrogens with zero attached hydrogens (tertiary/aromatic N) is 1. The molecule has 2 N–H and O–H groups in total. The van der Waals surface area contributed by atoms with E-state index in [1.54, 1.807) is 0 Å². The first-order chi connectivity index (χ1) is 8.33. The molecule has 18 heavy (non-hydrogen) atoms. The highest BCUT2D eigenvalue weighted by Crippen LogP contribution is 2.27. The number of nitrogens with two attached hydrogens (primary N) is 1. The molecule has 1 amide bonds. The van der Waals surface area contributed by atoms with Crippen LogP contribution >= 0.6 is 12.4 Å². The van der Waals surface area contributed by atoms with Crippen molar-refractivity contribution < 1.29 is 4.79 Å².